The third kappa shape index (κ3) is 3.17. The maximum atomic E-state index is 13.1. The molecule has 1 aromatic heterocycles. The van der Waals surface area contributed by atoms with Gasteiger partial charge in [0.05, 0.1) is 23.6 Å². The van der Waals surface area contributed by atoms with Gasteiger partial charge >= 0.3 is 0 Å². The van der Waals surface area contributed by atoms with Crippen LogP contribution >= 0.6 is 0 Å². The van der Waals surface area contributed by atoms with Crippen LogP contribution in [0.2, 0.25) is 0 Å². The van der Waals surface area contributed by atoms with Gasteiger partial charge in [0.2, 0.25) is 11.7 Å². The average Bonchev–Trinajstić information content (AvgIpc) is 3.00. The zero-order chi connectivity index (χ0) is 19.0. The molecular weight excluding hydrogens is 340 g/mol. The number of nitro groups is 1. The van der Waals surface area contributed by atoms with E-state index in [2.05, 4.69) is 10.1 Å². The van der Waals surface area contributed by atoms with Crippen molar-refractivity contribution in [3.05, 3.63) is 50.1 Å². The molecule has 2 aromatic rings. The molecule has 0 radical (unpaired) electrons. The van der Waals surface area contributed by atoms with Crippen LogP contribution in [0, 0.1) is 37.8 Å². The van der Waals surface area contributed by atoms with Crippen molar-refractivity contribution in [3.63, 3.8) is 0 Å². The van der Waals surface area contributed by atoms with Crippen LogP contribution in [0.5, 0.6) is 0 Å². The minimum absolute atomic E-state index is 0.0162. The number of benzene rings is 1. The van der Waals surface area contributed by atoms with E-state index in [1.54, 1.807) is 38.7 Å². The topological polar surface area (TPSA) is 112 Å². The first-order chi connectivity index (χ1) is 12.3. The van der Waals surface area contributed by atoms with Crippen LogP contribution in [0.25, 0.3) is 0 Å². The zero-order valence-corrected chi connectivity index (χ0v) is 15.1. The lowest BCUT2D eigenvalue weighted by Crippen LogP contribution is -2.43. The normalized spacial score (nSPS) is 17.4. The fourth-order valence-electron chi connectivity index (χ4n) is 3.38. The summed E-state index contributed by atoms with van der Waals surface area (Å²) >= 11 is 0. The van der Waals surface area contributed by atoms with E-state index in [9.17, 15) is 14.9 Å². The molecule has 1 saturated heterocycles. The van der Waals surface area contributed by atoms with E-state index in [1.807, 2.05) is 0 Å². The van der Waals surface area contributed by atoms with Gasteiger partial charge in [-0.1, -0.05) is 5.16 Å². The molecule has 0 spiro atoms. The number of carbonyl (C=O) groups is 1. The Morgan fingerprint density at radius 1 is 1.31 bits per heavy atom. The molecular formula is C17H20N4O5. The van der Waals surface area contributed by atoms with Gasteiger partial charge in [0.25, 0.3) is 11.6 Å². The molecule has 1 aliphatic heterocycles. The summed E-state index contributed by atoms with van der Waals surface area (Å²) in [6.07, 6.45) is -0.480. The van der Waals surface area contributed by atoms with E-state index in [0.29, 0.717) is 47.1 Å². The largest absolute Gasteiger partial charge is 0.366 e. The quantitative estimate of drug-likeness (QED) is 0.610. The van der Waals surface area contributed by atoms with Crippen LogP contribution in [0.15, 0.2) is 10.6 Å². The molecule has 9 heteroatoms. The van der Waals surface area contributed by atoms with E-state index in [1.165, 1.54) is 0 Å². The highest BCUT2D eigenvalue weighted by atomic mass is 16.6. The minimum Gasteiger partial charge on any atom is -0.366 e. The lowest BCUT2D eigenvalue weighted by molar-refractivity contribution is -0.386. The first-order valence-corrected chi connectivity index (χ1v) is 8.26. The van der Waals surface area contributed by atoms with Crippen molar-refractivity contribution in [2.75, 3.05) is 19.7 Å². The van der Waals surface area contributed by atoms with Gasteiger partial charge in [0.1, 0.15) is 6.10 Å². The minimum atomic E-state index is -0.480. The van der Waals surface area contributed by atoms with Crippen molar-refractivity contribution >= 4 is 11.6 Å². The SMILES string of the molecule is Cc1nc([C@@H]2CN(C(=O)c3c(C)cc(C)c([N+](=O)[O-])c3C)CCO2)no1. The smallest absolute Gasteiger partial charge is 0.275 e. The molecule has 3 rings (SSSR count). The molecule has 0 unspecified atom stereocenters. The standard InChI is InChI=1S/C17H20N4O5/c1-9-7-10(2)15(21(23)24)11(3)14(9)17(22)20-5-6-25-13(8-20)16-18-12(4)26-19-16/h7,13H,5-6,8H2,1-4H3/t13-/m0/s1. The Morgan fingerprint density at radius 3 is 2.65 bits per heavy atom. The van der Waals surface area contributed by atoms with Crippen LogP contribution < -0.4 is 0 Å². The molecule has 0 aliphatic carbocycles. The first-order valence-electron chi connectivity index (χ1n) is 8.26. The van der Waals surface area contributed by atoms with Crippen molar-refractivity contribution in [2.24, 2.45) is 0 Å². The fourth-order valence-corrected chi connectivity index (χ4v) is 3.38. The molecule has 2 heterocycles. The molecule has 138 valence electrons. The Balaban J connectivity index is 1.92. The monoisotopic (exact) mass is 360 g/mol. The number of aromatic nitrogens is 2. The number of morpholine rings is 1. The summed E-state index contributed by atoms with van der Waals surface area (Å²) in [5.74, 6) is 0.563. The van der Waals surface area contributed by atoms with Crippen LogP contribution in [0.1, 0.15) is 44.9 Å². The van der Waals surface area contributed by atoms with Gasteiger partial charge in [-0.05, 0) is 32.4 Å². The molecule has 1 aliphatic rings. The predicted octanol–water partition coefficient (Wildman–Crippen LogP) is 2.43. The Bertz CT molecular complexity index is 876. The van der Waals surface area contributed by atoms with Crippen LogP contribution in [-0.4, -0.2) is 45.6 Å². The summed E-state index contributed by atoms with van der Waals surface area (Å²) in [5.41, 5.74) is 2.00. The molecule has 0 N–H and O–H groups in total. The first kappa shape index (κ1) is 18.0. The molecule has 0 saturated carbocycles. The maximum absolute atomic E-state index is 13.1. The molecule has 0 bridgehead atoms. The van der Waals surface area contributed by atoms with E-state index < -0.39 is 11.0 Å². The van der Waals surface area contributed by atoms with Crippen molar-refractivity contribution < 1.29 is 19.0 Å². The van der Waals surface area contributed by atoms with E-state index in [4.69, 9.17) is 9.26 Å². The second-order valence-corrected chi connectivity index (χ2v) is 6.40. The van der Waals surface area contributed by atoms with Crippen LogP contribution in [0.3, 0.4) is 0 Å². The number of ether oxygens (including phenoxy) is 1. The van der Waals surface area contributed by atoms with Gasteiger partial charge in [-0.15, -0.1) is 0 Å². The predicted molar refractivity (Wildman–Crippen MR) is 90.9 cm³/mol. The second kappa shape index (κ2) is 6.83. The van der Waals surface area contributed by atoms with E-state index in [-0.39, 0.29) is 18.1 Å². The second-order valence-electron chi connectivity index (χ2n) is 6.40. The Hall–Kier alpha value is -2.81. The third-order valence-corrected chi connectivity index (χ3v) is 4.51. The highest BCUT2D eigenvalue weighted by molar-refractivity contribution is 5.98. The number of rotatable bonds is 3. The highest BCUT2D eigenvalue weighted by Gasteiger charge is 2.32. The van der Waals surface area contributed by atoms with Crippen molar-refractivity contribution in [1.29, 1.82) is 0 Å². The van der Waals surface area contributed by atoms with Gasteiger partial charge in [-0.3, -0.25) is 14.9 Å². The highest BCUT2D eigenvalue weighted by Crippen LogP contribution is 2.30. The molecule has 1 aromatic carbocycles. The number of carbonyl (C=O) groups excluding carboxylic acids is 1. The number of nitrogens with zero attached hydrogens (tertiary/aromatic N) is 4. The summed E-state index contributed by atoms with van der Waals surface area (Å²) in [6.45, 7) is 7.75. The number of nitro benzene ring substituents is 1. The lowest BCUT2D eigenvalue weighted by atomic mass is 9.96. The molecule has 26 heavy (non-hydrogen) atoms. The van der Waals surface area contributed by atoms with Gasteiger partial charge in [0.15, 0.2) is 0 Å². The zero-order valence-electron chi connectivity index (χ0n) is 15.1. The van der Waals surface area contributed by atoms with Gasteiger partial charge in [-0.2, -0.15) is 4.98 Å². The van der Waals surface area contributed by atoms with Crippen molar-refractivity contribution in [1.82, 2.24) is 15.0 Å². The molecule has 1 fully saturated rings. The van der Waals surface area contributed by atoms with Crippen LogP contribution in [0.4, 0.5) is 5.69 Å². The van der Waals surface area contributed by atoms with E-state index >= 15 is 0 Å². The number of amides is 1. The van der Waals surface area contributed by atoms with Gasteiger partial charge in [0, 0.05) is 24.6 Å². The molecule has 1 amide bonds. The Kier molecular flexibility index (Phi) is 4.73. The number of hydrogen-bond donors (Lipinski definition) is 0. The molecule has 1 atom stereocenters. The van der Waals surface area contributed by atoms with Crippen molar-refractivity contribution in [2.45, 2.75) is 33.8 Å². The summed E-state index contributed by atoms with van der Waals surface area (Å²) in [7, 11) is 0. The number of hydrogen-bond acceptors (Lipinski definition) is 7. The summed E-state index contributed by atoms with van der Waals surface area (Å²) in [5, 5.41) is 15.2. The number of aryl methyl sites for hydroxylation is 3. The third-order valence-electron chi connectivity index (χ3n) is 4.51. The summed E-state index contributed by atoms with van der Waals surface area (Å²) in [4.78, 5) is 29.8. The summed E-state index contributed by atoms with van der Waals surface area (Å²) in [6, 6.07) is 1.68. The van der Waals surface area contributed by atoms with Gasteiger partial charge < -0.3 is 14.2 Å². The summed E-state index contributed by atoms with van der Waals surface area (Å²) < 4.78 is 10.6. The van der Waals surface area contributed by atoms with Gasteiger partial charge in [-0.25, -0.2) is 0 Å². The fraction of sp³-hybridized carbons (Fsp3) is 0.471. The van der Waals surface area contributed by atoms with E-state index in [0.717, 1.165) is 0 Å². The lowest BCUT2D eigenvalue weighted by Gasteiger charge is -2.32. The molecule has 9 nitrogen and oxygen atoms in total. The Labute approximate surface area is 150 Å². The van der Waals surface area contributed by atoms with Crippen molar-refractivity contribution in [3.8, 4) is 0 Å². The van der Waals surface area contributed by atoms with Crippen LogP contribution in [-0.2, 0) is 4.74 Å². The maximum Gasteiger partial charge on any atom is 0.275 e. The average molecular weight is 360 g/mol. The Morgan fingerprint density at radius 2 is 2.04 bits per heavy atom.